The molecular formula is C16H25NO2. The van der Waals surface area contributed by atoms with Crippen molar-refractivity contribution in [1.29, 1.82) is 0 Å². The first-order chi connectivity index (χ1) is 9.13. The molecular weight excluding hydrogens is 238 g/mol. The molecule has 1 aliphatic carbocycles. The monoisotopic (exact) mass is 263 g/mol. The summed E-state index contributed by atoms with van der Waals surface area (Å²) in [7, 11) is 0. The zero-order chi connectivity index (χ0) is 13.8. The fraction of sp³-hybridized carbons (Fsp3) is 0.688. The van der Waals surface area contributed by atoms with Gasteiger partial charge in [-0.05, 0) is 37.8 Å². The van der Waals surface area contributed by atoms with Crippen molar-refractivity contribution >= 4 is 5.97 Å². The molecule has 0 aromatic carbocycles. The predicted octanol–water partition coefficient (Wildman–Crippen LogP) is 4.28. The lowest BCUT2D eigenvalue weighted by atomic mass is 9.86. The van der Waals surface area contributed by atoms with Gasteiger partial charge in [0, 0.05) is 11.7 Å². The number of hydrogen-bond donors (Lipinski definition) is 1. The van der Waals surface area contributed by atoms with Gasteiger partial charge in [0.2, 0.25) is 0 Å². The standard InChI is InChI=1S/C16H25NO2/c1-3-12(2)17-14(9-10-15(17)16(18)19)11-13-7-5-4-6-8-13/h9-10,12-13H,3-8,11H2,1-2H3,(H,18,19)/t12-/m1/s1. The van der Waals surface area contributed by atoms with Crippen LogP contribution in [0.4, 0.5) is 0 Å². The van der Waals surface area contributed by atoms with E-state index in [-0.39, 0.29) is 6.04 Å². The summed E-state index contributed by atoms with van der Waals surface area (Å²) in [6, 6.07) is 4.05. The van der Waals surface area contributed by atoms with Crippen LogP contribution in [0.3, 0.4) is 0 Å². The number of rotatable bonds is 5. The van der Waals surface area contributed by atoms with Crippen LogP contribution in [0.15, 0.2) is 12.1 Å². The zero-order valence-corrected chi connectivity index (χ0v) is 12.1. The molecule has 0 aliphatic heterocycles. The van der Waals surface area contributed by atoms with E-state index in [0.29, 0.717) is 5.69 Å². The maximum atomic E-state index is 11.3. The Morgan fingerprint density at radius 3 is 2.63 bits per heavy atom. The SMILES string of the molecule is CC[C@@H](C)n1c(CC2CCCCC2)ccc1C(=O)O. The summed E-state index contributed by atoms with van der Waals surface area (Å²) >= 11 is 0. The second-order valence-corrected chi connectivity index (χ2v) is 5.85. The summed E-state index contributed by atoms with van der Waals surface area (Å²) in [5, 5.41) is 9.31. The molecule has 0 unspecified atom stereocenters. The number of aromatic nitrogens is 1. The van der Waals surface area contributed by atoms with Gasteiger partial charge < -0.3 is 9.67 Å². The van der Waals surface area contributed by atoms with E-state index < -0.39 is 5.97 Å². The van der Waals surface area contributed by atoms with Crippen molar-refractivity contribution < 1.29 is 9.90 Å². The quantitative estimate of drug-likeness (QED) is 0.861. The van der Waals surface area contributed by atoms with E-state index in [2.05, 4.69) is 13.8 Å². The zero-order valence-electron chi connectivity index (χ0n) is 12.1. The Balaban J connectivity index is 2.21. The van der Waals surface area contributed by atoms with Crippen LogP contribution in [0.5, 0.6) is 0 Å². The predicted molar refractivity (Wildman–Crippen MR) is 76.7 cm³/mol. The van der Waals surface area contributed by atoms with Crippen molar-refractivity contribution in [3.8, 4) is 0 Å². The van der Waals surface area contributed by atoms with Crippen LogP contribution in [0.2, 0.25) is 0 Å². The summed E-state index contributed by atoms with van der Waals surface area (Å²) < 4.78 is 2.04. The Bertz CT molecular complexity index is 430. The lowest BCUT2D eigenvalue weighted by molar-refractivity contribution is 0.0682. The summed E-state index contributed by atoms with van der Waals surface area (Å²) in [6.07, 6.45) is 8.64. The summed E-state index contributed by atoms with van der Waals surface area (Å²) in [4.78, 5) is 11.3. The number of aromatic carboxylic acids is 1. The Morgan fingerprint density at radius 2 is 2.05 bits per heavy atom. The van der Waals surface area contributed by atoms with Gasteiger partial charge in [-0.15, -0.1) is 0 Å². The van der Waals surface area contributed by atoms with Gasteiger partial charge >= 0.3 is 5.97 Å². The topological polar surface area (TPSA) is 42.2 Å². The minimum atomic E-state index is -0.810. The molecule has 0 radical (unpaired) electrons. The Kier molecular flexibility index (Phi) is 4.67. The molecule has 19 heavy (non-hydrogen) atoms. The first-order valence-corrected chi connectivity index (χ1v) is 7.56. The molecule has 0 bridgehead atoms. The van der Waals surface area contributed by atoms with Crippen LogP contribution in [-0.2, 0) is 6.42 Å². The van der Waals surface area contributed by atoms with Gasteiger partial charge in [0.05, 0.1) is 0 Å². The van der Waals surface area contributed by atoms with Crippen molar-refractivity contribution in [1.82, 2.24) is 4.57 Å². The fourth-order valence-corrected chi connectivity index (χ4v) is 3.22. The molecule has 1 aromatic heterocycles. The number of carbonyl (C=O) groups is 1. The van der Waals surface area contributed by atoms with E-state index in [1.807, 2.05) is 10.6 Å². The van der Waals surface area contributed by atoms with Crippen molar-refractivity contribution in [3.05, 3.63) is 23.5 Å². The van der Waals surface area contributed by atoms with E-state index in [1.165, 1.54) is 37.8 Å². The number of nitrogens with zero attached hydrogens (tertiary/aromatic N) is 1. The molecule has 3 nitrogen and oxygen atoms in total. The summed E-state index contributed by atoms with van der Waals surface area (Å²) in [5.41, 5.74) is 1.65. The van der Waals surface area contributed by atoms with E-state index in [9.17, 15) is 9.90 Å². The molecule has 0 spiro atoms. The van der Waals surface area contributed by atoms with Gasteiger partial charge in [-0.25, -0.2) is 4.79 Å². The van der Waals surface area contributed by atoms with Crippen LogP contribution in [0, 0.1) is 5.92 Å². The average molecular weight is 263 g/mol. The molecule has 3 heteroatoms. The highest BCUT2D eigenvalue weighted by Crippen LogP contribution is 2.29. The smallest absolute Gasteiger partial charge is 0.352 e. The summed E-state index contributed by atoms with van der Waals surface area (Å²) in [5.74, 6) is -0.0664. The van der Waals surface area contributed by atoms with Crippen molar-refractivity contribution in [3.63, 3.8) is 0 Å². The highest BCUT2D eigenvalue weighted by Gasteiger charge is 2.21. The Morgan fingerprint density at radius 1 is 1.37 bits per heavy atom. The molecule has 0 saturated heterocycles. The molecule has 1 saturated carbocycles. The van der Waals surface area contributed by atoms with Gasteiger partial charge in [0.15, 0.2) is 0 Å². The minimum absolute atomic E-state index is 0.264. The number of carboxylic acid groups (broad SMARTS) is 1. The van der Waals surface area contributed by atoms with Gasteiger partial charge in [0.1, 0.15) is 5.69 Å². The second-order valence-electron chi connectivity index (χ2n) is 5.85. The number of carboxylic acids is 1. The molecule has 1 fully saturated rings. The second kappa shape index (κ2) is 6.27. The maximum absolute atomic E-state index is 11.3. The average Bonchev–Trinajstić information content (AvgIpc) is 2.83. The van der Waals surface area contributed by atoms with E-state index >= 15 is 0 Å². The van der Waals surface area contributed by atoms with Crippen molar-refractivity contribution in [2.75, 3.05) is 0 Å². The third-order valence-corrected chi connectivity index (χ3v) is 4.48. The van der Waals surface area contributed by atoms with Crippen LogP contribution in [-0.4, -0.2) is 15.6 Å². The van der Waals surface area contributed by atoms with Gasteiger partial charge in [-0.3, -0.25) is 0 Å². The third-order valence-electron chi connectivity index (χ3n) is 4.48. The molecule has 1 aliphatic rings. The molecule has 1 N–H and O–H groups in total. The van der Waals surface area contributed by atoms with Crippen LogP contribution < -0.4 is 0 Å². The van der Waals surface area contributed by atoms with Crippen LogP contribution in [0.1, 0.15) is 74.6 Å². The first-order valence-electron chi connectivity index (χ1n) is 7.56. The van der Waals surface area contributed by atoms with Gasteiger partial charge in [0.25, 0.3) is 0 Å². The van der Waals surface area contributed by atoms with E-state index in [0.717, 1.165) is 18.8 Å². The molecule has 106 valence electrons. The highest BCUT2D eigenvalue weighted by molar-refractivity contribution is 5.86. The Hall–Kier alpha value is -1.25. The maximum Gasteiger partial charge on any atom is 0.352 e. The Labute approximate surface area is 115 Å². The number of hydrogen-bond acceptors (Lipinski definition) is 1. The van der Waals surface area contributed by atoms with Crippen molar-refractivity contribution in [2.45, 2.75) is 64.8 Å². The molecule has 2 rings (SSSR count). The first kappa shape index (κ1) is 14.2. The van der Waals surface area contributed by atoms with Crippen LogP contribution in [0.25, 0.3) is 0 Å². The van der Waals surface area contributed by atoms with Crippen molar-refractivity contribution in [2.24, 2.45) is 5.92 Å². The van der Waals surface area contributed by atoms with Gasteiger partial charge in [-0.1, -0.05) is 39.0 Å². The molecule has 1 atom stereocenters. The normalized spacial score (nSPS) is 18.4. The largest absolute Gasteiger partial charge is 0.477 e. The van der Waals surface area contributed by atoms with Gasteiger partial charge in [-0.2, -0.15) is 0 Å². The lowest BCUT2D eigenvalue weighted by Crippen LogP contribution is -2.18. The fourth-order valence-electron chi connectivity index (χ4n) is 3.22. The van der Waals surface area contributed by atoms with E-state index in [1.54, 1.807) is 6.07 Å². The molecule has 1 aromatic rings. The minimum Gasteiger partial charge on any atom is -0.477 e. The molecule has 1 heterocycles. The third kappa shape index (κ3) is 3.20. The van der Waals surface area contributed by atoms with E-state index in [4.69, 9.17) is 0 Å². The van der Waals surface area contributed by atoms with Crippen LogP contribution >= 0.6 is 0 Å². The lowest BCUT2D eigenvalue weighted by Gasteiger charge is -2.24. The highest BCUT2D eigenvalue weighted by atomic mass is 16.4. The summed E-state index contributed by atoms with van der Waals surface area (Å²) in [6.45, 7) is 4.22. The molecule has 0 amide bonds.